The van der Waals surface area contributed by atoms with E-state index in [4.69, 9.17) is 0 Å². The molecule has 15 heteroatoms. The van der Waals surface area contributed by atoms with Gasteiger partial charge in [0.1, 0.15) is 0 Å². The smallest absolute Gasteiger partial charge is 0.261 e. The van der Waals surface area contributed by atoms with E-state index in [1.807, 2.05) is 44.2 Å². The summed E-state index contributed by atoms with van der Waals surface area (Å²) in [5, 5.41) is 0. The molecule has 2 aliphatic heterocycles. The summed E-state index contributed by atoms with van der Waals surface area (Å²) in [6.07, 6.45) is 2.68. The van der Waals surface area contributed by atoms with Crippen LogP contribution in [0.25, 0.3) is 0 Å². The van der Waals surface area contributed by atoms with Crippen LogP contribution in [0.2, 0.25) is 0 Å². The van der Waals surface area contributed by atoms with Crippen molar-refractivity contribution in [3.8, 4) is 0 Å². The van der Waals surface area contributed by atoms with E-state index < -0.39 is 20.0 Å². The first-order valence-electron chi connectivity index (χ1n) is 22.6. The number of benzene rings is 5. The van der Waals surface area contributed by atoms with E-state index >= 15 is 0 Å². The molecule has 0 aliphatic carbocycles. The van der Waals surface area contributed by atoms with Gasteiger partial charge in [-0.05, 0) is 120 Å². The average molecular weight is 932 g/mol. The summed E-state index contributed by atoms with van der Waals surface area (Å²) in [6, 6.07) is 36.9. The number of unbranched alkanes of at least 4 members (excludes halogenated alkanes) is 2. The van der Waals surface area contributed by atoms with E-state index in [0.717, 1.165) is 16.7 Å². The Hall–Kier alpha value is -5.84. The third kappa shape index (κ3) is 11.2. The Morgan fingerprint density at radius 1 is 0.394 bits per heavy atom. The van der Waals surface area contributed by atoms with Crippen LogP contribution in [0.3, 0.4) is 0 Å². The minimum atomic E-state index is -3.90. The molecule has 346 valence electrons. The predicted molar refractivity (Wildman–Crippen MR) is 253 cm³/mol. The number of amides is 4. The summed E-state index contributed by atoms with van der Waals surface area (Å²) < 4.78 is 59.6. The van der Waals surface area contributed by atoms with Crippen molar-refractivity contribution in [2.75, 3.05) is 52.4 Å². The number of hydrogen-bond acceptors (Lipinski definition) is 9. The van der Waals surface area contributed by atoms with Crippen LogP contribution in [0.5, 0.6) is 0 Å². The highest BCUT2D eigenvalue weighted by atomic mass is 32.2. The number of sulfonamides is 2. The maximum absolute atomic E-state index is 14.2. The Morgan fingerprint density at radius 2 is 0.727 bits per heavy atom. The van der Waals surface area contributed by atoms with E-state index in [-0.39, 0.29) is 72.7 Å². The van der Waals surface area contributed by atoms with Crippen molar-refractivity contribution in [1.29, 1.82) is 0 Å². The molecular formula is C51H57N5O8S2. The van der Waals surface area contributed by atoms with Crippen LogP contribution < -0.4 is 0 Å². The standard InChI is InChI=1S/C51H57N5O8S2/c1-39-22-26-42(27-23-39)65(61,62)53(32-10-12-36-55-48(57)44-18-6-7-19-45(44)49(55)58)34-14-30-52(38-41-16-4-3-5-17-41)31-15-35-54(66(63,64)43-28-24-40(2)25-29-43)33-11-13-37-56-50(59)46-20-8-9-21-47(46)51(56)60/h3-9,16-29H,10-15,30-38H2,1-2H3. The molecule has 0 spiro atoms. The van der Waals surface area contributed by atoms with E-state index in [9.17, 15) is 36.0 Å². The number of carbonyl (C=O) groups excluding carboxylic acids is 4. The fraction of sp³-hybridized carbons (Fsp3) is 0.333. The molecule has 4 amide bonds. The zero-order chi connectivity index (χ0) is 46.8. The molecule has 66 heavy (non-hydrogen) atoms. The zero-order valence-corrected chi connectivity index (χ0v) is 39.2. The third-order valence-electron chi connectivity index (χ3n) is 12.2. The monoisotopic (exact) mass is 931 g/mol. The van der Waals surface area contributed by atoms with Gasteiger partial charge in [-0.3, -0.25) is 33.9 Å². The number of nitrogens with zero attached hydrogens (tertiary/aromatic N) is 5. The van der Waals surface area contributed by atoms with Crippen molar-refractivity contribution in [1.82, 2.24) is 23.3 Å². The van der Waals surface area contributed by atoms with Gasteiger partial charge in [0.25, 0.3) is 23.6 Å². The van der Waals surface area contributed by atoms with Crippen LogP contribution in [0.15, 0.2) is 137 Å². The van der Waals surface area contributed by atoms with Crippen LogP contribution in [0, 0.1) is 13.8 Å². The lowest BCUT2D eigenvalue weighted by Crippen LogP contribution is -2.37. The molecule has 0 bridgehead atoms. The maximum Gasteiger partial charge on any atom is 0.261 e. The number of aryl methyl sites for hydroxylation is 2. The molecule has 2 heterocycles. The molecular weight excluding hydrogens is 875 g/mol. The molecule has 0 fully saturated rings. The highest BCUT2D eigenvalue weighted by Crippen LogP contribution is 2.26. The van der Waals surface area contributed by atoms with Gasteiger partial charge in [-0.15, -0.1) is 0 Å². The second kappa shape index (κ2) is 21.6. The molecule has 0 unspecified atom stereocenters. The molecule has 5 aromatic rings. The summed E-state index contributed by atoms with van der Waals surface area (Å²) in [6.45, 7) is 6.58. The molecule has 0 aromatic heterocycles. The second-order valence-corrected chi connectivity index (χ2v) is 20.8. The first-order valence-corrected chi connectivity index (χ1v) is 25.4. The van der Waals surface area contributed by atoms with Crippen molar-refractivity contribution in [3.63, 3.8) is 0 Å². The Balaban J connectivity index is 1.00. The van der Waals surface area contributed by atoms with Gasteiger partial charge in [0.2, 0.25) is 20.0 Å². The highest BCUT2D eigenvalue weighted by molar-refractivity contribution is 7.89. The van der Waals surface area contributed by atoms with Gasteiger partial charge < -0.3 is 0 Å². The number of hydrogen-bond donors (Lipinski definition) is 0. The molecule has 2 aliphatic rings. The predicted octanol–water partition coefficient (Wildman–Crippen LogP) is 7.42. The van der Waals surface area contributed by atoms with Crippen LogP contribution in [-0.4, -0.2) is 116 Å². The average Bonchev–Trinajstić information content (AvgIpc) is 3.70. The molecule has 0 saturated heterocycles. The number of rotatable bonds is 24. The van der Waals surface area contributed by atoms with Crippen LogP contribution in [0.1, 0.15) is 96.6 Å². The molecule has 0 N–H and O–H groups in total. The number of carbonyl (C=O) groups is 4. The fourth-order valence-corrected chi connectivity index (χ4v) is 11.5. The summed E-state index contributed by atoms with van der Waals surface area (Å²) in [7, 11) is -7.79. The Bertz CT molecular complexity index is 2510. The molecule has 0 atom stereocenters. The summed E-state index contributed by atoms with van der Waals surface area (Å²) in [5.74, 6) is -1.36. The lowest BCUT2D eigenvalue weighted by atomic mass is 10.1. The molecule has 13 nitrogen and oxygen atoms in total. The Kier molecular flexibility index (Phi) is 15.8. The largest absolute Gasteiger partial charge is 0.299 e. The zero-order valence-electron chi connectivity index (χ0n) is 37.5. The topological polar surface area (TPSA) is 153 Å². The molecule has 0 radical (unpaired) electrons. The normalized spacial score (nSPS) is 14.0. The van der Waals surface area contributed by atoms with Crippen LogP contribution >= 0.6 is 0 Å². The first kappa shape index (κ1) is 48.1. The number of imide groups is 2. The summed E-state index contributed by atoms with van der Waals surface area (Å²) in [5.41, 5.74) is 4.45. The Morgan fingerprint density at radius 3 is 1.09 bits per heavy atom. The van der Waals surface area contributed by atoms with E-state index in [1.165, 1.54) is 18.4 Å². The van der Waals surface area contributed by atoms with Gasteiger partial charge in [-0.2, -0.15) is 8.61 Å². The fourth-order valence-electron chi connectivity index (χ4n) is 8.48. The quantitative estimate of drug-likeness (QED) is 0.0455. The van der Waals surface area contributed by atoms with Gasteiger partial charge in [0, 0.05) is 45.8 Å². The molecule has 5 aromatic carbocycles. The third-order valence-corrected chi connectivity index (χ3v) is 16.0. The Labute approximate surface area is 388 Å². The summed E-state index contributed by atoms with van der Waals surface area (Å²) in [4.78, 5) is 57.0. The molecule has 7 rings (SSSR count). The van der Waals surface area contributed by atoms with Crippen molar-refractivity contribution >= 4 is 43.7 Å². The SMILES string of the molecule is Cc1ccc(S(=O)(=O)N(CCCCN2C(=O)c3ccccc3C2=O)CCCN(CCCN(CCCCN2C(=O)c3ccccc3C2=O)S(=O)(=O)c2ccc(C)cc2)Cc2ccccc2)cc1. The van der Waals surface area contributed by atoms with Crippen molar-refractivity contribution < 1.29 is 36.0 Å². The van der Waals surface area contributed by atoms with Gasteiger partial charge in [-0.25, -0.2) is 16.8 Å². The maximum atomic E-state index is 14.2. The minimum Gasteiger partial charge on any atom is -0.299 e. The van der Waals surface area contributed by atoms with Crippen molar-refractivity contribution in [3.05, 3.63) is 166 Å². The van der Waals surface area contributed by atoms with Crippen LogP contribution in [0.4, 0.5) is 0 Å². The van der Waals surface area contributed by atoms with E-state index in [0.29, 0.717) is 80.4 Å². The van der Waals surface area contributed by atoms with Gasteiger partial charge in [0.05, 0.1) is 32.0 Å². The van der Waals surface area contributed by atoms with Crippen molar-refractivity contribution in [2.24, 2.45) is 0 Å². The minimum absolute atomic E-state index is 0.179. The van der Waals surface area contributed by atoms with Crippen molar-refractivity contribution in [2.45, 2.75) is 68.7 Å². The van der Waals surface area contributed by atoms with E-state index in [2.05, 4.69) is 4.90 Å². The number of fused-ring (bicyclic) bond motifs is 2. The lowest BCUT2D eigenvalue weighted by molar-refractivity contribution is 0.0635. The second-order valence-electron chi connectivity index (χ2n) is 16.9. The summed E-state index contributed by atoms with van der Waals surface area (Å²) >= 11 is 0. The van der Waals surface area contributed by atoms with Gasteiger partial charge in [0.15, 0.2) is 0 Å². The van der Waals surface area contributed by atoms with Gasteiger partial charge >= 0.3 is 0 Å². The highest BCUT2D eigenvalue weighted by Gasteiger charge is 2.36. The lowest BCUT2D eigenvalue weighted by Gasteiger charge is -2.28. The first-order chi connectivity index (χ1) is 31.8. The molecule has 0 saturated carbocycles. The van der Waals surface area contributed by atoms with Crippen LogP contribution in [-0.2, 0) is 26.6 Å². The van der Waals surface area contributed by atoms with E-state index in [1.54, 1.807) is 97.1 Å². The van der Waals surface area contributed by atoms with Gasteiger partial charge in [-0.1, -0.05) is 90.0 Å².